The molecule has 2 aromatic rings. The predicted octanol–water partition coefficient (Wildman–Crippen LogP) is 3.21. The predicted molar refractivity (Wildman–Crippen MR) is 66.4 cm³/mol. The van der Waals surface area contributed by atoms with Gasteiger partial charge >= 0.3 is 0 Å². The van der Waals surface area contributed by atoms with Gasteiger partial charge in [-0.25, -0.2) is 0 Å². The summed E-state index contributed by atoms with van der Waals surface area (Å²) in [6.07, 6.45) is 0.976. The molecule has 0 saturated carbocycles. The van der Waals surface area contributed by atoms with Crippen molar-refractivity contribution in [3.8, 4) is 0 Å². The number of nitrogens with two attached hydrogens (primary N) is 1. The van der Waals surface area contributed by atoms with Crippen LogP contribution in [0.1, 0.15) is 12.5 Å². The lowest BCUT2D eigenvalue weighted by Crippen LogP contribution is -2.17. The lowest BCUT2D eigenvalue weighted by Gasteiger charge is -2.02. The van der Waals surface area contributed by atoms with Crippen molar-refractivity contribution in [3.05, 3.63) is 35.2 Å². The SMILES string of the molecule is CC(N)Cc1csc2ccccc12.Cl. The molecular weight excluding hydrogens is 214 g/mol. The Morgan fingerprint density at radius 2 is 2.07 bits per heavy atom. The van der Waals surface area contributed by atoms with Crippen molar-refractivity contribution in [2.45, 2.75) is 19.4 Å². The Balaban J connectivity index is 0.000000980. The number of hydrogen-bond acceptors (Lipinski definition) is 2. The fraction of sp³-hybridized carbons (Fsp3) is 0.273. The van der Waals surface area contributed by atoms with Gasteiger partial charge in [0.1, 0.15) is 0 Å². The van der Waals surface area contributed by atoms with Gasteiger partial charge in [0.15, 0.2) is 0 Å². The molecule has 2 N–H and O–H groups in total. The van der Waals surface area contributed by atoms with E-state index in [1.165, 1.54) is 15.6 Å². The highest BCUT2D eigenvalue weighted by molar-refractivity contribution is 7.17. The van der Waals surface area contributed by atoms with Gasteiger partial charge in [0.25, 0.3) is 0 Å². The van der Waals surface area contributed by atoms with Crippen LogP contribution in [-0.2, 0) is 6.42 Å². The van der Waals surface area contributed by atoms with Crippen molar-refractivity contribution in [2.75, 3.05) is 0 Å². The summed E-state index contributed by atoms with van der Waals surface area (Å²) in [6.45, 7) is 2.05. The molecule has 0 saturated heterocycles. The van der Waals surface area contributed by atoms with E-state index in [2.05, 4.69) is 29.6 Å². The number of halogens is 1. The molecule has 0 aliphatic rings. The van der Waals surface area contributed by atoms with Crippen LogP contribution in [0.5, 0.6) is 0 Å². The van der Waals surface area contributed by atoms with Crippen molar-refractivity contribution in [3.63, 3.8) is 0 Å². The van der Waals surface area contributed by atoms with Crippen LogP contribution in [0.4, 0.5) is 0 Å². The van der Waals surface area contributed by atoms with Crippen LogP contribution in [0.15, 0.2) is 29.6 Å². The molecule has 0 radical (unpaired) electrons. The first-order valence-corrected chi connectivity index (χ1v) is 5.36. The van der Waals surface area contributed by atoms with Gasteiger partial charge < -0.3 is 5.73 Å². The average Bonchev–Trinajstić information content (AvgIpc) is 2.48. The summed E-state index contributed by atoms with van der Waals surface area (Å²) in [5, 5.41) is 3.58. The van der Waals surface area contributed by atoms with Crippen LogP contribution in [0.2, 0.25) is 0 Å². The molecular formula is C11H14ClNS. The van der Waals surface area contributed by atoms with E-state index < -0.39 is 0 Å². The third-order valence-electron chi connectivity index (χ3n) is 2.10. The van der Waals surface area contributed by atoms with E-state index in [0.29, 0.717) is 0 Å². The first-order chi connectivity index (χ1) is 6.27. The Bertz CT molecular complexity index is 408. The van der Waals surface area contributed by atoms with Crippen LogP contribution >= 0.6 is 23.7 Å². The van der Waals surface area contributed by atoms with E-state index in [0.717, 1.165) is 6.42 Å². The summed E-state index contributed by atoms with van der Waals surface area (Å²) in [6, 6.07) is 8.74. The molecule has 1 aromatic heterocycles. The monoisotopic (exact) mass is 227 g/mol. The number of hydrogen-bond donors (Lipinski definition) is 1. The second kappa shape index (κ2) is 4.78. The number of thiophene rings is 1. The third-order valence-corrected chi connectivity index (χ3v) is 3.12. The molecule has 76 valence electrons. The summed E-state index contributed by atoms with van der Waals surface area (Å²) in [4.78, 5) is 0. The maximum atomic E-state index is 5.78. The van der Waals surface area contributed by atoms with Crippen LogP contribution in [0, 0.1) is 0 Å². The molecule has 0 aliphatic heterocycles. The molecule has 0 aliphatic carbocycles. The third kappa shape index (κ3) is 2.27. The second-order valence-corrected chi connectivity index (χ2v) is 4.35. The van der Waals surface area contributed by atoms with Crippen LogP contribution in [0.25, 0.3) is 10.1 Å². The molecule has 0 amide bonds. The summed E-state index contributed by atoms with van der Waals surface area (Å²) < 4.78 is 1.36. The second-order valence-electron chi connectivity index (χ2n) is 3.44. The Hall–Kier alpha value is -0.570. The quantitative estimate of drug-likeness (QED) is 0.838. The molecule has 1 atom stereocenters. The van der Waals surface area contributed by atoms with Gasteiger partial charge in [0.2, 0.25) is 0 Å². The van der Waals surface area contributed by atoms with Crippen LogP contribution < -0.4 is 5.73 Å². The Morgan fingerprint density at radius 3 is 2.79 bits per heavy atom. The van der Waals surface area contributed by atoms with Gasteiger partial charge in [-0.1, -0.05) is 18.2 Å². The largest absolute Gasteiger partial charge is 0.328 e. The summed E-state index contributed by atoms with van der Waals surface area (Å²) in [5.74, 6) is 0. The fourth-order valence-electron chi connectivity index (χ4n) is 1.54. The van der Waals surface area contributed by atoms with Crippen molar-refractivity contribution >= 4 is 33.8 Å². The highest BCUT2D eigenvalue weighted by Crippen LogP contribution is 2.26. The number of fused-ring (bicyclic) bond motifs is 1. The zero-order valence-electron chi connectivity index (χ0n) is 8.07. The van der Waals surface area contributed by atoms with Crippen molar-refractivity contribution < 1.29 is 0 Å². The van der Waals surface area contributed by atoms with Gasteiger partial charge in [-0.05, 0) is 35.7 Å². The topological polar surface area (TPSA) is 26.0 Å². The molecule has 1 nitrogen and oxygen atoms in total. The normalized spacial score (nSPS) is 12.4. The Labute approximate surface area is 94.3 Å². The zero-order chi connectivity index (χ0) is 9.26. The van der Waals surface area contributed by atoms with Crippen LogP contribution in [0.3, 0.4) is 0 Å². The van der Waals surface area contributed by atoms with E-state index in [1.54, 1.807) is 11.3 Å². The van der Waals surface area contributed by atoms with E-state index in [1.807, 2.05) is 6.92 Å². The highest BCUT2D eigenvalue weighted by atomic mass is 35.5. The first-order valence-electron chi connectivity index (χ1n) is 4.48. The number of rotatable bonds is 2. The van der Waals surface area contributed by atoms with E-state index >= 15 is 0 Å². The molecule has 1 heterocycles. The van der Waals surface area contributed by atoms with Crippen molar-refractivity contribution in [1.82, 2.24) is 0 Å². The lowest BCUT2D eigenvalue weighted by molar-refractivity contribution is 0.743. The minimum atomic E-state index is 0. The smallest absolute Gasteiger partial charge is 0.0345 e. The van der Waals surface area contributed by atoms with E-state index in [9.17, 15) is 0 Å². The van der Waals surface area contributed by atoms with Gasteiger partial charge in [0, 0.05) is 10.7 Å². The van der Waals surface area contributed by atoms with E-state index in [4.69, 9.17) is 5.73 Å². The maximum Gasteiger partial charge on any atom is 0.0345 e. The molecule has 1 unspecified atom stereocenters. The fourth-order valence-corrected chi connectivity index (χ4v) is 2.51. The average molecular weight is 228 g/mol. The maximum absolute atomic E-state index is 5.78. The Morgan fingerprint density at radius 1 is 1.36 bits per heavy atom. The molecule has 0 bridgehead atoms. The summed E-state index contributed by atoms with van der Waals surface area (Å²) >= 11 is 1.80. The number of benzene rings is 1. The lowest BCUT2D eigenvalue weighted by atomic mass is 10.1. The standard InChI is InChI=1S/C11H13NS.ClH/c1-8(12)6-9-7-13-11-5-3-2-4-10(9)11;/h2-5,7-8H,6,12H2,1H3;1H. The van der Waals surface area contributed by atoms with Gasteiger partial charge in [-0.3, -0.25) is 0 Å². The van der Waals surface area contributed by atoms with Crippen molar-refractivity contribution in [2.24, 2.45) is 5.73 Å². The minimum absolute atomic E-state index is 0. The minimum Gasteiger partial charge on any atom is -0.328 e. The van der Waals surface area contributed by atoms with E-state index in [-0.39, 0.29) is 18.4 Å². The van der Waals surface area contributed by atoms with Crippen LogP contribution in [-0.4, -0.2) is 6.04 Å². The molecule has 3 heteroatoms. The summed E-state index contributed by atoms with van der Waals surface area (Å²) in [5.41, 5.74) is 7.16. The Kier molecular flexibility index (Phi) is 3.93. The van der Waals surface area contributed by atoms with Gasteiger partial charge in [-0.15, -0.1) is 23.7 Å². The highest BCUT2D eigenvalue weighted by Gasteiger charge is 2.04. The van der Waals surface area contributed by atoms with Crippen molar-refractivity contribution in [1.29, 1.82) is 0 Å². The molecule has 14 heavy (non-hydrogen) atoms. The molecule has 0 spiro atoms. The molecule has 0 fully saturated rings. The molecule has 2 rings (SSSR count). The molecule has 1 aromatic carbocycles. The van der Waals surface area contributed by atoms with Gasteiger partial charge in [-0.2, -0.15) is 0 Å². The zero-order valence-corrected chi connectivity index (χ0v) is 9.70. The first kappa shape index (κ1) is 11.5. The summed E-state index contributed by atoms with van der Waals surface area (Å²) in [7, 11) is 0. The van der Waals surface area contributed by atoms with Gasteiger partial charge in [0.05, 0.1) is 0 Å².